The van der Waals surface area contributed by atoms with Crippen LogP contribution in [0.3, 0.4) is 0 Å². The number of benzene rings is 1. The quantitative estimate of drug-likeness (QED) is 0.743. The van der Waals surface area contributed by atoms with Crippen molar-refractivity contribution in [3.63, 3.8) is 0 Å². The molecule has 1 atom stereocenters. The highest BCUT2D eigenvalue weighted by Gasteiger charge is 2.10. The van der Waals surface area contributed by atoms with Crippen LogP contribution in [0.4, 0.5) is 5.69 Å². The Balaban J connectivity index is 2.73. The van der Waals surface area contributed by atoms with Crippen molar-refractivity contribution in [2.45, 2.75) is 26.3 Å². The van der Waals surface area contributed by atoms with Crippen molar-refractivity contribution in [3.8, 4) is 0 Å². The van der Waals surface area contributed by atoms with Crippen molar-refractivity contribution in [2.75, 3.05) is 19.3 Å². The molecule has 1 aromatic carbocycles. The zero-order chi connectivity index (χ0) is 10.6. The van der Waals surface area contributed by atoms with E-state index in [9.17, 15) is 0 Å². The van der Waals surface area contributed by atoms with E-state index in [0.717, 1.165) is 12.2 Å². The average Bonchev–Trinajstić information content (AvgIpc) is 2.17. The van der Waals surface area contributed by atoms with E-state index in [1.54, 1.807) is 0 Å². The zero-order valence-corrected chi connectivity index (χ0v) is 9.33. The molecule has 0 aliphatic heterocycles. The van der Waals surface area contributed by atoms with Crippen LogP contribution < -0.4 is 5.73 Å². The lowest BCUT2D eigenvalue weighted by atomic mass is 10.1. The molecule has 2 heteroatoms. The third kappa shape index (κ3) is 2.74. The normalized spacial score (nSPS) is 13.1. The molecule has 1 rings (SSSR count). The van der Waals surface area contributed by atoms with Crippen LogP contribution in [0, 0.1) is 0 Å². The summed E-state index contributed by atoms with van der Waals surface area (Å²) in [5, 5.41) is 0. The number of nitrogen functional groups attached to an aromatic ring is 1. The van der Waals surface area contributed by atoms with Crippen LogP contribution in [0.2, 0.25) is 0 Å². The van der Waals surface area contributed by atoms with Crippen LogP contribution >= 0.6 is 0 Å². The molecule has 0 saturated heterocycles. The standard InChI is InChI=1S/C12H20N2/c1-4-8-14(3)10(2)11-6-5-7-12(13)9-11/h5-7,9-10H,4,8,13H2,1-3H3. The highest BCUT2D eigenvalue weighted by molar-refractivity contribution is 5.41. The highest BCUT2D eigenvalue weighted by atomic mass is 15.1. The molecule has 1 unspecified atom stereocenters. The Bertz CT molecular complexity index is 283. The third-order valence-electron chi connectivity index (χ3n) is 2.63. The van der Waals surface area contributed by atoms with Crippen molar-refractivity contribution in [1.82, 2.24) is 4.90 Å². The summed E-state index contributed by atoms with van der Waals surface area (Å²) in [6.45, 7) is 5.53. The fourth-order valence-electron chi connectivity index (χ4n) is 1.62. The van der Waals surface area contributed by atoms with Crippen molar-refractivity contribution >= 4 is 5.69 Å². The van der Waals surface area contributed by atoms with Crippen molar-refractivity contribution in [1.29, 1.82) is 0 Å². The van der Waals surface area contributed by atoms with E-state index < -0.39 is 0 Å². The molecule has 0 aromatic heterocycles. The van der Waals surface area contributed by atoms with Gasteiger partial charge in [-0.2, -0.15) is 0 Å². The summed E-state index contributed by atoms with van der Waals surface area (Å²) in [5.74, 6) is 0. The van der Waals surface area contributed by atoms with Gasteiger partial charge in [-0.15, -0.1) is 0 Å². The van der Waals surface area contributed by atoms with Gasteiger partial charge in [0, 0.05) is 11.7 Å². The Morgan fingerprint density at radius 1 is 1.43 bits per heavy atom. The van der Waals surface area contributed by atoms with Gasteiger partial charge in [0.15, 0.2) is 0 Å². The third-order valence-corrected chi connectivity index (χ3v) is 2.63. The Kier molecular flexibility index (Phi) is 3.96. The maximum Gasteiger partial charge on any atom is 0.0317 e. The Labute approximate surface area is 86.7 Å². The largest absolute Gasteiger partial charge is 0.399 e. The minimum atomic E-state index is 0.443. The first-order chi connectivity index (χ1) is 6.65. The molecule has 14 heavy (non-hydrogen) atoms. The highest BCUT2D eigenvalue weighted by Crippen LogP contribution is 2.20. The average molecular weight is 192 g/mol. The van der Waals surface area contributed by atoms with Crippen LogP contribution in [-0.2, 0) is 0 Å². The van der Waals surface area contributed by atoms with Crippen molar-refractivity contribution < 1.29 is 0 Å². The second-order valence-corrected chi connectivity index (χ2v) is 3.83. The first-order valence-corrected chi connectivity index (χ1v) is 5.20. The minimum Gasteiger partial charge on any atom is -0.399 e. The molecule has 0 fully saturated rings. The molecule has 0 heterocycles. The van der Waals surface area contributed by atoms with Crippen LogP contribution in [-0.4, -0.2) is 18.5 Å². The molecular formula is C12H20N2. The van der Waals surface area contributed by atoms with E-state index in [0.29, 0.717) is 6.04 Å². The lowest BCUT2D eigenvalue weighted by Gasteiger charge is -2.24. The number of rotatable bonds is 4. The van der Waals surface area contributed by atoms with Crippen LogP contribution in [0.1, 0.15) is 31.9 Å². The van der Waals surface area contributed by atoms with Crippen LogP contribution in [0.5, 0.6) is 0 Å². The van der Waals surface area contributed by atoms with Gasteiger partial charge in [-0.25, -0.2) is 0 Å². The summed E-state index contributed by atoms with van der Waals surface area (Å²) < 4.78 is 0. The van der Waals surface area contributed by atoms with Gasteiger partial charge < -0.3 is 5.73 Å². The van der Waals surface area contributed by atoms with E-state index in [1.807, 2.05) is 12.1 Å². The van der Waals surface area contributed by atoms with E-state index in [-0.39, 0.29) is 0 Å². The van der Waals surface area contributed by atoms with Gasteiger partial charge in [-0.1, -0.05) is 19.1 Å². The van der Waals surface area contributed by atoms with Gasteiger partial charge in [-0.05, 0) is 44.6 Å². The van der Waals surface area contributed by atoms with Gasteiger partial charge >= 0.3 is 0 Å². The second-order valence-electron chi connectivity index (χ2n) is 3.83. The maximum absolute atomic E-state index is 5.75. The summed E-state index contributed by atoms with van der Waals surface area (Å²) in [6.07, 6.45) is 1.18. The molecule has 0 radical (unpaired) electrons. The van der Waals surface area contributed by atoms with Crippen molar-refractivity contribution in [2.24, 2.45) is 0 Å². The number of anilines is 1. The fraction of sp³-hybridized carbons (Fsp3) is 0.500. The van der Waals surface area contributed by atoms with Crippen molar-refractivity contribution in [3.05, 3.63) is 29.8 Å². The number of hydrogen-bond acceptors (Lipinski definition) is 2. The molecule has 0 saturated carbocycles. The molecule has 0 amide bonds. The molecule has 0 aliphatic rings. The van der Waals surface area contributed by atoms with E-state index in [2.05, 4.69) is 37.9 Å². The Morgan fingerprint density at radius 3 is 2.71 bits per heavy atom. The van der Waals surface area contributed by atoms with Gasteiger partial charge in [0.2, 0.25) is 0 Å². The predicted octanol–water partition coefficient (Wildman–Crippen LogP) is 2.67. The summed E-state index contributed by atoms with van der Waals surface area (Å²) in [7, 11) is 2.15. The minimum absolute atomic E-state index is 0.443. The van der Waals surface area contributed by atoms with Gasteiger partial charge in [-0.3, -0.25) is 4.90 Å². The Morgan fingerprint density at radius 2 is 2.14 bits per heavy atom. The van der Waals surface area contributed by atoms with E-state index >= 15 is 0 Å². The van der Waals surface area contributed by atoms with Gasteiger partial charge in [0.05, 0.1) is 0 Å². The number of nitrogens with zero attached hydrogens (tertiary/aromatic N) is 1. The van der Waals surface area contributed by atoms with Crippen LogP contribution in [0.25, 0.3) is 0 Å². The summed E-state index contributed by atoms with van der Waals surface area (Å²) in [5.41, 5.74) is 7.89. The summed E-state index contributed by atoms with van der Waals surface area (Å²) in [6, 6.07) is 8.57. The topological polar surface area (TPSA) is 29.3 Å². The molecule has 78 valence electrons. The first-order valence-electron chi connectivity index (χ1n) is 5.20. The monoisotopic (exact) mass is 192 g/mol. The Hall–Kier alpha value is -1.02. The summed E-state index contributed by atoms with van der Waals surface area (Å²) in [4.78, 5) is 2.34. The summed E-state index contributed by atoms with van der Waals surface area (Å²) >= 11 is 0. The lowest BCUT2D eigenvalue weighted by Crippen LogP contribution is -2.23. The lowest BCUT2D eigenvalue weighted by molar-refractivity contribution is 0.262. The molecule has 2 nitrogen and oxygen atoms in total. The molecule has 1 aromatic rings. The SMILES string of the molecule is CCCN(C)C(C)c1cccc(N)c1. The molecule has 2 N–H and O–H groups in total. The molecule has 0 bridgehead atoms. The second kappa shape index (κ2) is 5.01. The molecule has 0 aliphatic carbocycles. The molecular weight excluding hydrogens is 172 g/mol. The predicted molar refractivity (Wildman–Crippen MR) is 62.2 cm³/mol. The van der Waals surface area contributed by atoms with E-state index in [4.69, 9.17) is 5.73 Å². The van der Waals surface area contributed by atoms with Gasteiger partial charge in [0.1, 0.15) is 0 Å². The number of nitrogens with two attached hydrogens (primary N) is 1. The first kappa shape index (κ1) is 11.1. The molecule has 0 spiro atoms. The number of hydrogen-bond donors (Lipinski definition) is 1. The maximum atomic E-state index is 5.75. The van der Waals surface area contributed by atoms with Gasteiger partial charge in [0.25, 0.3) is 0 Å². The van der Waals surface area contributed by atoms with E-state index in [1.165, 1.54) is 12.0 Å². The zero-order valence-electron chi connectivity index (χ0n) is 9.33. The smallest absolute Gasteiger partial charge is 0.0317 e. The fourth-order valence-corrected chi connectivity index (χ4v) is 1.62. The van der Waals surface area contributed by atoms with Crippen LogP contribution in [0.15, 0.2) is 24.3 Å².